The highest BCUT2D eigenvalue weighted by Gasteiger charge is 2.07. The van der Waals surface area contributed by atoms with E-state index in [2.05, 4.69) is 10.3 Å². The van der Waals surface area contributed by atoms with Gasteiger partial charge in [0.2, 0.25) is 0 Å². The number of nitrogens with one attached hydrogen (secondary N) is 1. The maximum absolute atomic E-state index is 12.4. The van der Waals surface area contributed by atoms with Crippen LogP contribution in [0.5, 0.6) is 5.75 Å². The molecule has 0 saturated carbocycles. The summed E-state index contributed by atoms with van der Waals surface area (Å²) >= 11 is 0. The van der Waals surface area contributed by atoms with Crippen molar-refractivity contribution in [3.05, 3.63) is 84.2 Å². The first-order valence-corrected chi connectivity index (χ1v) is 7.68. The van der Waals surface area contributed by atoms with Gasteiger partial charge in [-0.15, -0.1) is 0 Å². The number of hydrogen-bond donors (Lipinski definition) is 1. The second kappa shape index (κ2) is 7.42. The number of carbonyl (C=O) groups excluding carboxylic acids is 1. The summed E-state index contributed by atoms with van der Waals surface area (Å²) in [5.74, 6) is 0.705. The first-order chi connectivity index (χ1) is 11.8. The maximum Gasteiger partial charge on any atom is 0.251 e. The van der Waals surface area contributed by atoms with Crippen molar-refractivity contribution in [2.75, 3.05) is 7.11 Å². The molecule has 24 heavy (non-hydrogen) atoms. The number of ether oxygens (including phenoxy) is 1. The molecule has 0 fully saturated rings. The highest BCUT2D eigenvalue weighted by Crippen LogP contribution is 2.19. The third kappa shape index (κ3) is 3.79. The van der Waals surface area contributed by atoms with Gasteiger partial charge in [-0.2, -0.15) is 0 Å². The SMILES string of the molecule is COc1ccc(CNC(=O)c2cccc(-c3ccncc3)c2)cc1. The minimum atomic E-state index is -0.0956. The summed E-state index contributed by atoms with van der Waals surface area (Å²) in [6, 6.07) is 19.1. The van der Waals surface area contributed by atoms with Crippen LogP contribution < -0.4 is 10.1 Å². The van der Waals surface area contributed by atoms with Crippen LogP contribution in [0.3, 0.4) is 0 Å². The van der Waals surface area contributed by atoms with Crippen molar-refractivity contribution in [1.29, 1.82) is 0 Å². The van der Waals surface area contributed by atoms with E-state index in [0.29, 0.717) is 12.1 Å². The molecule has 2 aromatic carbocycles. The van der Waals surface area contributed by atoms with Crippen molar-refractivity contribution in [2.45, 2.75) is 6.54 Å². The lowest BCUT2D eigenvalue weighted by atomic mass is 10.0. The van der Waals surface area contributed by atoms with Crippen LogP contribution in [0, 0.1) is 0 Å². The Morgan fingerprint density at radius 3 is 2.46 bits per heavy atom. The van der Waals surface area contributed by atoms with Gasteiger partial charge in [0.25, 0.3) is 5.91 Å². The normalized spacial score (nSPS) is 10.2. The van der Waals surface area contributed by atoms with Crippen molar-refractivity contribution in [3.63, 3.8) is 0 Å². The molecule has 3 aromatic rings. The number of pyridine rings is 1. The molecule has 3 rings (SSSR count). The number of rotatable bonds is 5. The molecule has 1 heterocycles. The van der Waals surface area contributed by atoms with E-state index >= 15 is 0 Å². The Hall–Kier alpha value is -3.14. The molecule has 120 valence electrons. The fraction of sp³-hybridized carbons (Fsp3) is 0.100. The van der Waals surface area contributed by atoms with E-state index in [-0.39, 0.29) is 5.91 Å². The maximum atomic E-state index is 12.4. The van der Waals surface area contributed by atoms with E-state index in [9.17, 15) is 4.79 Å². The fourth-order valence-corrected chi connectivity index (χ4v) is 2.41. The standard InChI is InChI=1S/C20H18N2O2/c1-24-19-7-5-15(6-8-19)14-22-20(23)18-4-2-3-17(13-18)16-9-11-21-12-10-16/h2-13H,14H2,1H3,(H,22,23). The molecule has 1 N–H and O–H groups in total. The number of nitrogens with zero attached hydrogens (tertiary/aromatic N) is 1. The number of methoxy groups -OCH3 is 1. The van der Waals surface area contributed by atoms with Crippen molar-refractivity contribution in [2.24, 2.45) is 0 Å². The van der Waals surface area contributed by atoms with Crippen LogP contribution in [-0.2, 0) is 6.54 Å². The van der Waals surface area contributed by atoms with Gasteiger partial charge >= 0.3 is 0 Å². The molecule has 0 atom stereocenters. The van der Waals surface area contributed by atoms with Gasteiger partial charge in [0.05, 0.1) is 7.11 Å². The molecule has 1 aromatic heterocycles. The van der Waals surface area contributed by atoms with E-state index in [1.807, 2.05) is 60.7 Å². The zero-order chi connectivity index (χ0) is 16.8. The topological polar surface area (TPSA) is 51.2 Å². The Balaban J connectivity index is 1.68. The smallest absolute Gasteiger partial charge is 0.251 e. The van der Waals surface area contributed by atoms with Crippen LogP contribution in [0.25, 0.3) is 11.1 Å². The van der Waals surface area contributed by atoms with E-state index < -0.39 is 0 Å². The fourth-order valence-electron chi connectivity index (χ4n) is 2.41. The summed E-state index contributed by atoms with van der Waals surface area (Å²) in [7, 11) is 1.63. The van der Waals surface area contributed by atoms with E-state index in [1.54, 1.807) is 19.5 Å². The summed E-state index contributed by atoms with van der Waals surface area (Å²) in [6.07, 6.45) is 3.48. The highest BCUT2D eigenvalue weighted by atomic mass is 16.5. The number of carbonyl (C=O) groups is 1. The van der Waals surface area contributed by atoms with Gasteiger partial charge in [0, 0.05) is 24.5 Å². The monoisotopic (exact) mass is 318 g/mol. The number of benzene rings is 2. The van der Waals surface area contributed by atoms with E-state index in [0.717, 1.165) is 22.4 Å². The first kappa shape index (κ1) is 15.7. The minimum Gasteiger partial charge on any atom is -0.497 e. The summed E-state index contributed by atoms with van der Waals surface area (Å²) in [5, 5.41) is 2.94. The Kier molecular flexibility index (Phi) is 4.87. The second-order valence-corrected chi connectivity index (χ2v) is 5.35. The van der Waals surface area contributed by atoms with Gasteiger partial charge in [-0.1, -0.05) is 24.3 Å². The van der Waals surface area contributed by atoms with Gasteiger partial charge in [0.1, 0.15) is 5.75 Å². The number of aromatic nitrogens is 1. The minimum absolute atomic E-state index is 0.0956. The third-order valence-corrected chi connectivity index (χ3v) is 3.75. The lowest BCUT2D eigenvalue weighted by Crippen LogP contribution is -2.22. The van der Waals surface area contributed by atoms with Gasteiger partial charge < -0.3 is 10.1 Å². The van der Waals surface area contributed by atoms with Gasteiger partial charge in [0.15, 0.2) is 0 Å². The van der Waals surface area contributed by atoms with Gasteiger partial charge in [-0.05, 0) is 53.1 Å². The second-order valence-electron chi connectivity index (χ2n) is 5.35. The third-order valence-electron chi connectivity index (χ3n) is 3.75. The molecule has 0 radical (unpaired) electrons. The van der Waals surface area contributed by atoms with Crippen molar-refractivity contribution in [1.82, 2.24) is 10.3 Å². The molecular formula is C20H18N2O2. The molecule has 0 saturated heterocycles. The van der Waals surface area contributed by atoms with Crippen LogP contribution in [0.4, 0.5) is 0 Å². The average Bonchev–Trinajstić information content (AvgIpc) is 2.67. The van der Waals surface area contributed by atoms with Gasteiger partial charge in [-0.25, -0.2) is 0 Å². The molecule has 0 spiro atoms. The average molecular weight is 318 g/mol. The van der Waals surface area contributed by atoms with Crippen LogP contribution in [0.15, 0.2) is 73.1 Å². The van der Waals surface area contributed by atoms with E-state index in [4.69, 9.17) is 4.74 Å². The molecule has 0 unspecified atom stereocenters. The van der Waals surface area contributed by atoms with Crippen LogP contribution in [-0.4, -0.2) is 18.0 Å². The quantitative estimate of drug-likeness (QED) is 0.780. The Labute approximate surface area is 141 Å². The lowest BCUT2D eigenvalue weighted by molar-refractivity contribution is 0.0951. The van der Waals surface area contributed by atoms with E-state index in [1.165, 1.54) is 0 Å². The van der Waals surface area contributed by atoms with Crippen molar-refractivity contribution < 1.29 is 9.53 Å². The van der Waals surface area contributed by atoms with Crippen molar-refractivity contribution >= 4 is 5.91 Å². The van der Waals surface area contributed by atoms with Crippen LogP contribution >= 0.6 is 0 Å². The molecule has 1 amide bonds. The summed E-state index contributed by atoms with van der Waals surface area (Å²) in [6.45, 7) is 0.475. The van der Waals surface area contributed by atoms with Gasteiger partial charge in [-0.3, -0.25) is 9.78 Å². The Morgan fingerprint density at radius 2 is 1.75 bits per heavy atom. The lowest BCUT2D eigenvalue weighted by Gasteiger charge is -2.08. The first-order valence-electron chi connectivity index (χ1n) is 7.68. The predicted octanol–water partition coefficient (Wildman–Crippen LogP) is 3.69. The Bertz CT molecular complexity index is 815. The molecule has 0 aliphatic heterocycles. The highest BCUT2D eigenvalue weighted by molar-refractivity contribution is 5.95. The van der Waals surface area contributed by atoms with Crippen LogP contribution in [0.1, 0.15) is 15.9 Å². The largest absolute Gasteiger partial charge is 0.497 e. The summed E-state index contributed by atoms with van der Waals surface area (Å²) < 4.78 is 5.13. The van der Waals surface area contributed by atoms with Crippen LogP contribution in [0.2, 0.25) is 0 Å². The number of amides is 1. The molecule has 4 heteroatoms. The Morgan fingerprint density at radius 1 is 1.00 bits per heavy atom. The molecule has 0 bridgehead atoms. The zero-order valence-electron chi connectivity index (χ0n) is 13.4. The number of hydrogen-bond acceptors (Lipinski definition) is 3. The van der Waals surface area contributed by atoms with Crippen molar-refractivity contribution in [3.8, 4) is 16.9 Å². The summed E-state index contributed by atoms with van der Waals surface area (Å²) in [5.41, 5.74) is 3.69. The molecular weight excluding hydrogens is 300 g/mol. The molecule has 0 aliphatic carbocycles. The molecule has 0 aliphatic rings. The predicted molar refractivity (Wildman–Crippen MR) is 93.8 cm³/mol. The zero-order valence-corrected chi connectivity index (χ0v) is 13.4. The molecule has 4 nitrogen and oxygen atoms in total. The summed E-state index contributed by atoms with van der Waals surface area (Å²) in [4.78, 5) is 16.4.